The van der Waals surface area contributed by atoms with Crippen molar-refractivity contribution in [3.63, 3.8) is 0 Å². The lowest BCUT2D eigenvalue weighted by atomic mass is 10.1. The van der Waals surface area contributed by atoms with Crippen LogP contribution in [0, 0.1) is 5.92 Å². The Balaban J connectivity index is 0.00000320. The Hall–Kier alpha value is -1.58. The van der Waals surface area contributed by atoms with Crippen LogP contribution in [0.25, 0.3) is 10.8 Å². The number of fused-ring (bicyclic) bond motifs is 1. The molecule has 0 bridgehead atoms. The first-order valence-corrected chi connectivity index (χ1v) is 10.6. The average Bonchev–Trinajstić information content (AvgIpc) is 3.56. The molecule has 0 aliphatic heterocycles. The van der Waals surface area contributed by atoms with Gasteiger partial charge >= 0.3 is 0 Å². The maximum absolute atomic E-state index is 10.0. The Kier molecular flexibility index (Phi) is 11.2. The van der Waals surface area contributed by atoms with E-state index in [4.69, 9.17) is 9.47 Å². The summed E-state index contributed by atoms with van der Waals surface area (Å²) in [5, 5.41) is 18.9. The molecule has 0 heterocycles. The van der Waals surface area contributed by atoms with E-state index in [9.17, 15) is 5.11 Å². The topological polar surface area (TPSA) is 75.1 Å². The quantitative estimate of drug-likeness (QED) is 0.170. The van der Waals surface area contributed by atoms with Crippen molar-refractivity contribution in [3.8, 4) is 5.75 Å². The molecule has 0 saturated heterocycles. The van der Waals surface area contributed by atoms with Crippen LogP contribution in [0.3, 0.4) is 0 Å². The van der Waals surface area contributed by atoms with Gasteiger partial charge in [0.15, 0.2) is 5.96 Å². The summed E-state index contributed by atoms with van der Waals surface area (Å²) in [5.74, 6) is 2.31. The molecule has 0 amide bonds. The van der Waals surface area contributed by atoms with Gasteiger partial charge < -0.3 is 25.2 Å². The van der Waals surface area contributed by atoms with Gasteiger partial charge in [-0.25, -0.2) is 0 Å². The summed E-state index contributed by atoms with van der Waals surface area (Å²) in [4.78, 5) is 4.44. The van der Waals surface area contributed by atoms with E-state index in [0.717, 1.165) is 31.9 Å². The maximum Gasteiger partial charge on any atom is 0.191 e. The van der Waals surface area contributed by atoms with Gasteiger partial charge in [-0.05, 0) is 55.0 Å². The lowest BCUT2D eigenvalue weighted by Gasteiger charge is -2.13. The van der Waals surface area contributed by atoms with E-state index < -0.39 is 6.10 Å². The smallest absolute Gasteiger partial charge is 0.191 e. The second kappa shape index (κ2) is 13.7. The SMILES string of the molecule is CCNC(=NCC(O)COCC1CC1)NCCCOc1ccc2ccccc2c1.I. The van der Waals surface area contributed by atoms with Crippen LogP contribution in [0.4, 0.5) is 0 Å². The zero-order chi connectivity index (χ0) is 20.3. The van der Waals surface area contributed by atoms with Crippen LogP contribution in [0.1, 0.15) is 26.2 Å². The first-order chi connectivity index (χ1) is 14.2. The monoisotopic (exact) mass is 527 g/mol. The number of rotatable bonds is 12. The Morgan fingerprint density at radius 2 is 1.97 bits per heavy atom. The van der Waals surface area contributed by atoms with Crippen LogP contribution in [0.2, 0.25) is 0 Å². The van der Waals surface area contributed by atoms with Crippen molar-refractivity contribution in [2.45, 2.75) is 32.3 Å². The van der Waals surface area contributed by atoms with Crippen LogP contribution in [0.15, 0.2) is 47.5 Å². The molecule has 6 nitrogen and oxygen atoms in total. The highest BCUT2D eigenvalue weighted by atomic mass is 127. The molecule has 1 aliphatic carbocycles. The summed E-state index contributed by atoms with van der Waals surface area (Å²) in [5.41, 5.74) is 0. The normalized spacial score (nSPS) is 14.8. The van der Waals surface area contributed by atoms with Crippen LogP contribution in [-0.4, -0.2) is 56.6 Å². The maximum atomic E-state index is 10.0. The third-order valence-corrected chi connectivity index (χ3v) is 4.77. The number of nitrogens with zero attached hydrogens (tertiary/aromatic N) is 1. The zero-order valence-corrected chi connectivity index (χ0v) is 20.0. The Morgan fingerprint density at radius 3 is 2.73 bits per heavy atom. The highest BCUT2D eigenvalue weighted by molar-refractivity contribution is 14.0. The minimum absolute atomic E-state index is 0. The largest absolute Gasteiger partial charge is 0.494 e. The molecule has 1 unspecified atom stereocenters. The zero-order valence-electron chi connectivity index (χ0n) is 17.7. The summed E-state index contributed by atoms with van der Waals surface area (Å²) in [6.07, 6.45) is 2.80. The molecule has 2 aromatic rings. The first kappa shape index (κ1) is 24.7. The van der Waals surface area contributed by atoms with E-state index >= 15 is 0 Å². The molecule has 7 heteroatoms. The first-order valence-electron chi connectivity index (χ1n) is 10.6. The standard InChI is InChI=1S/C23H33N3O3.HI/c1-2-24-23(26-15-21(27)17-28-16-18-8-9-18)25-12-5-13-29-22-11-10-19-6-3-4-7-20(19)14-22;/h3-4,6-7,10-11,14,18,21,27H,2,5,8-9,12-13,15-17H2,1H3,(H2,24,25,26);1H. The number of aliphatic imine (C=N–C) groups is 1. The van der Waals surface area contributed by atoms with E-state index in [-0.39, 0.29) is 24.0 Å². The van der Waals surface area contributed by atoms with Crippen molar-refractivity contribution in [2.24, 2.45) is 10.9 Å². The summed E-state index contributed by atoms with van der Waals surface area (Å²) >= 11 is 0. The van der Waals surface area contributed by atoms with Gasteiger partial charge in [0.2, 0.25) is 0 Å². The number of guanidine groups is 1. The third kappa shape index (κ3) is 9.06. The number of aliphatic hydroxyl groups excluding tert-OH is 1. The van der Waals surface area contributed by atoms with Gasteiger partial charge in [-0.15, -0.1) is 24.0 Å². The molecule has 3 rings (SSSR count). The van der Waals surface area contributed by atoms with Crippen LogP contribution < -0.4 is 15.4 Å². The molecule has 1 atom stereocenters. The molecule has 30 heavy (non-hydrogen) atoms. The van der Waals surface area contributed by atoms with Crippen molar-refractivity contribution in [1.29, 1.82) is 0 Å². The number of hydrogen-bond donors (Lipinski definition) is 3. The van der Waals surface area contributed by atoms with Crippen LogP contribution in [-0.2, 0) is 4.74 Å². The van der Waals surface area contributed by atoms with Gasteiger partial charge in [-0.1, -0.05) is 30.3 Å². The number of hydrogen-bond acceptors (Lipinski definition) is 4. The minimum atomic E-state index is -0.569. The van der Waals surface area contributed by atoms with Crippen molar-refractivity contribution < 1.29 is 14.6 Å². The predicted octanol–water partition coefficient (Wildman–Crippen LogP) is 3.57. The fourth-order valence-electron chi connectivity index (χ4n) is 2.97. The van der Waals surface area contributed by atoms with E-state index in [1.807, 2.05) is 25.1 Å². The minimum Gasteiger partial charge on any atom is -0.494 e. The molecule has 3 N–H and O–H groups in total. The summed E-state index contributed by atoms with van der Waals surface area (Å²) in [6.45, 7) is 5.60. The van der Waals surface area contributed by atoms with Gasteiger partial charge in [0.25, 0.3) is 0 Å². The van der Waals surface area contributed by atoms with Crippen LogP contribution >= 0.6 is 24.0 Å². The predicted molar refractivity (Wildman–Crippen MR) is 133 cm³/mol. The van der Waals surface area contributed by atoms with E-state index in [0.29, 0.717) is 31.6 Å². The second-order valence-corrected chi connectivity index (χ2v) is 7.49. The van der Waals surface area contributed by atoms with Gasteiger partial charge in [0, 0.05) is 19.7 Å². The molecule has 1 saturated carbocycles. The van der Waals surface area contributed by atoms with Gasteiger partial charge in [0.1, 0.15) is 5.75 Å². The number of benzene rings is 2. The molecule has 0 spiro atoms. The van der Waals surface area contributed by atoms with Gasteiger partial charge in [0.05, 0.1) is 25.9 Å². The van der Waals surface area contributed by atoms with Gasteiger partial charge in [-0.2, -0.15) is 0 Å². The lowest BCUT2D eigenvalue weighted by Crippen LogP contribution is -2.39. The summed E-state index contributed by atoms with van der Waals surface area (Å²) in [6, 6.07) is 14.4. The molecular weight excluding hydrogens is 493 g/mol. The number of ether oxygens (including phenoxy) is 2. The number of nitrogens with one attached hydrogen (secondary N) is 2. The average molecular weight is 527 g/mol. The van der Waals surface area contributed by atoms with E-state index in [2.05, 4.69) is 39.9 Å². The molecule has 0 radical (unpaired) electrons. The van der Waals surface area contributed by atoms with Gasteiger partial charge in [-0.3, -0.25) is 4.99 Å². The Bertz CT molecular complexity index is 783. The third-order valence-electron chi connectivity index (χ3n) is 4.77. The summed E-state index contributed by atoms with van der Waals surface area (Å²) < 4.78 is 11.4. The van der Waals surface area contributed by atoms with E-state index in [1.165, 1.54) is 23.6 Å². The molecule has 2 aromatic carbocycles. The fourth-order valence-corrected chi connectivity index (χ4v) is 2.97. The van der Waals surface area contributed by atoms with Crippen molar-refractivity contribution in [1.82, 2.24) is 10.6 Å². The van der Waals surface area contributed by atoms with E-state index in [1.54, 1.807) is 0 Å². The fraction of sp³-hybridized carbons (Fsp3) is 0.522. The highest BCUT2D eigenvalue weighted by Crippen LogP contribution is 2.28. The van der Waals surface area contributed by atoms with Crippen molar-refractivity contribution in [2.75, 3.05) is 39.5 Å². The number of halogens is 1. The molecule has 0 aromatic heterocycles. The lowest BCUT2D eigenvalue weighted by molar-refractivity contribution is 0.0368. The van der Waals surface area contributed by atoms with Crippen molar-refractivity contribution >= 4 is 40.7 Å². The molecule has 166 valence electrons. The molecule has 1 fully saturated rings. The van der Waals surface area contributed by atoms with Crippen molar-refractivity contribution in [3.05, 3.63) is 42.5 Å². The Morgan fingerprint density at radius 1 is 1.17 bits per heavy atom. The van der Waals surface area contributed by atoms with Crippen LogP contribution in [0.5, 0.6) is 5.75 Å². The Labute approximate surface area is 196 Å². The second-order valence-electron chi connectivity index (χ2n) is 7.49. The summed E-state index contributed by atoms with van der Waals surface area (Å²) in [7, 11) is 0. The molecular formula is C23H34IN3O3. The number of aliphatic hydroxyl groups is 1. The molecule has 1 aliphatic rings. The highest BCUT2D eigenvalue weighted by Gasteiger charge is 2.21.